The van der Waals surface area contributed by atoms with Gasteiger partial charge in [0.25, 0.3) is 15.9 Å². The van der Waals surface area contributed by atoms with E-state index < -0.39 is 21.9 Å². The van der Waals surface area contributed by atoms with E-state index >= 15 is 0 Å². The molecular weight excluding hydrogens is 420 g/mol. The number of anilines is 1. The van der Waals surface area contributed by atoms with Crippen LogP contribution in [0.5, 0.6) is 0 Å². The summed E-state index contributed by atoms with van der Waals surface area (Å²) in [5, 5.41) is 2.77. The first-order valence-corrected chi connectivity index (χ1v) is 10.4. The van der Waals surface area contributed by atoms with Gasteiger partial charge in [0.2, 0.25) is 0 Å². The highest BCUT2D eigenvalue weighted by molar-refractivity contribution is 7.92. The highest BCUT2D eigenvalue weighted by atomic mass is 35.5. The number of sulfonamides is 1. The molecule has 0 saturated carbocycles. The van der Waals surface area contributed by atoms with Crippen molar-refractivity contribution in [1.29, 1.82) is 0 Å². The standard InChI is InChI=1S/C19H21ClN2O6S/c1-27-11-5-10-21-18(23)14-6-3-4-7-17(14)22-29(25,26)13-8-9-16(20)15(12-13)19(24)28-2/h3-4,6-9,12,22H,5,10-11H2,1-2H3,(H,21,23). The number of nitrogens with one attached hydrogen (secondary N) is 2. The average molecular weight is 441 g/mol. The van der Waals surface area contributed by atoms with Crippen molar-refractivity contribution in [2.24, 2.45) is 0 Å². The molecule has 0 unspecified atom stereocenters. The third kappa shape index (κ3) is 5.93. The van der Waals surface area contributed by atoms with Crippen molar-refractivity contribution < 1.29 is 27.5 Å². The van der Waals surface area contributed by atoms with Crippen LogP contribution in [0.2, 0.25) is 5.02 Å². The van der Waals surface area contributed by atoms with Crippen LogP contribution in [0.4, 0.5) is 5.69 Å². The Morgan fingerprint density at radius 3 is 2.48 bits per heavy atom. The fourth-order valence-electron chi connectivity index (χ4n) is 2.43. The molecule has 0 aromatic heterocycles. The second kappa shape index (κ2) is 10.2. The van der Waals surface area contributed by atoms with E-state index in [1.807, 2.05) is 0 Å². The van der Waals surface area contributed by atoms with Crippen molar-refractivity contribution in [2.75, 3.05) is 32.1 Å². The largest absolute Gasteiger partial charge is 0.465 e. The molecule has 8 nitrogen and oxygen atoms in total. The Hall–Kier alpha value is -2.62. The first kappa shape index (κ1) is 22.7. The zero-order valence-corrected chi connectivity index (χ0v) is 17.5. The van der Waals surface area contributed by atoms with E-state index in [1.54, 1.807) is 19.2 Å². The van der Waals surface area contributed by atoms with Crippen LogP contribution < -0.4 is 10.0 Å². The van der Waals surface area contributed by atoms with Gasteiger partial charge in [0, 0.05) is 20.3 Å². The SMILES string of the molecule is COCCCNC(=O)c1ccccc1NS(=O)(=O)c1ccc(Cl)c(C(=O)OC)c1. The Balaban J connectivity index is 2.27. The Bertz CT molecular complexity index is 994. The summed E-state index contributed by atoms with van der Waals surface area (Å²) in [5.41, 5.74) is 0.183. The molecule has 0 heterocycles. The number of esters is 1. The molecule has 156 valence electrons. The molecule has 0 bridgehead atoms. The minimum absolute atomic E-state index is 0.0617. The van der Waals surface area contributed by atoms with Gasteiger partial charge in [-0.05, 0) is 36.8 Å². The second-order valence-corrected chi connectivity index (χ2v) is 7.98. The number of benzene rings is 2. The number of carbonyl (C=O) groups is 2. The molecule has 0 spiro atoms. The first-order chi connectivity index (χ1) is 13.8. The molecule has 10 heteroatoms. The minimum Gasteiger partial charge on any atom is -0.465 e. The van der Waals surface area contributed by atoms with E-state index in [1.165, 1.54) is 31.4 Å². The third-order valence-electron chi connectivity index (χ3n) is 3.88. The lowest BCUT2D eigenvalue weighted by Gasteiger charge is -2.13. The number of amides is 1. The van der Waals surface area contributed by atoms with Gasteiger partial charge >= 0.3 is 5.97 Å². The normalized spacial score (nSPS) is 11.0. The Labute approximate surface area is 174 Å². The monoisotopic (exact) mass is 440 g/mol. The highest BCUT2D eigenvalue weighted by Gasteiger charge is 2.21. The lowest BCUT2D eigenvalue weighted by Crippen LogP contribution is -2.26. The van der Waals surface area contributed by atoms with E-state index in [0.717, 1.165) is 6.07 Å². The van der Waals surface area contributed by atoms with Crippen LogP contribution >= 0.6 is 11.6 Å². The Morgan fingerprint density at radius 1 is 1.07 bits per heavy atom. The number of hydrogen-bond donors (Lipinski definition) is 2. The zero-order valence-electron chi connectivity index (χ0n) is 15.9. The van der Waals surface area contributed by atoms with E-state index in [0.29, 0.717) is 19.6 Å². The van der Waals surface area contributed by atoms with Gasteiger partial charge < -0.3 is 14.8 Å². The maximum atomic E-state index is 12.8. The van der Waals surface area contributed by atoms with Gasteiger partial charge in [-0.1, -0.05) is 23.7 Å². The molecular formula is C19H21ClN2O6S. The maximum Gasteiger partial charge on any atom is 0.339 e. The molecule has 0 aliphatic heterocycles. The molecule has 2 aromatic carbocycles. The summed E-state index contributed by atoms with van der Waals surface area (Å²) in [7, 11) is -1.37. The van der Waals surface area contributed by atoms with Crippen molar-refractivity contribution in [2.45, 2.75) is 11.3 Å². The molecule has 0 atom stereocenters. The van der Waals surface area contributed by atoms with Crippen molar-refractivity contribution >= 4 is 39.2 Å². The predicted octanol–water partition coefficient (Wildman–Crippen LogP) is 2.69. The first-order valence-electron chi connectivity index (χ1n) is 8.57. The summed E-state index contributed by atoms with van der Waals surface area (Å²) in [4.78, 5) is 24.0. The van der Waals surface area contributed by atoms with E-state index in [2.05, 4.69) is 14.8 Å². The topological polar surface area (TPSA) is 111 Å². The number of ether oxygens (including phenoxy) is 2. The van der Waals surface area contributed by atoms with Gasteiger partial charge in [-0.2, -0.15) is 0 Å². The number of para-hydroxylation sites is 1. The van der Waals surface area contributed by atoms with Crippen LogP contribution in [0.1, 0.15) is 27.1 Å². The maximum absolute atomic E-state index is 12.8. The smallest absolute Gasteiger partial charge is 0.339 e. The fraction of sp³-hybridized carbons (Fsp3) is 0.263. The molecule has 0 fully saturated rings. The summed E-state index contributed by atoms with van der Waals surface area (Å²) in [6, 6.07) is 9.86. The molecule has 2 aromatic rings. The summed E-state index contributed by atoms with van der Waals surface area (Å²) < 4.78 is 37.5. The van der Waals surface area contributed by atoms with Crippen LogP contribution in [0.25, 0.3) is 0 Å². The zero-order chi connectivity index (χ0) is 21.4. The molecule has 0 aliphatic carbocycles. The number of hydrogen-bond acceptors (Lipinski definition) is 6. The summed E-state index contributed by atoms with van der Waals surface area (Å²) >= 11 is 5.94. The number of rotatable bonds is 9. The molecule has 0 saturated heterocycles. The van der Waals surface area contributed by atoms with Crippen molar-refractivity contribution in [3.8, 4) is 0 Å². The third-order valence-corrected chi connectivity index (χ3v) is 5.57. The minimum atomic E-state index is -4.10. The molecule has 29 heavy (non-hydrogen) atoms. The number of methoxy groups -OCH3 is 2. The van der Waals surface area contributed by atoms with Crippen LogP contribution in [-0.2, 0) is 19.5 Å². The van der Waals surface area contributed by atoms with Crippen LogP contribution in [0.3, 0.4) is 0 Å². The van der Waals surface area contributed by atoms with Crippen LogP contribution in [0.15, 0.2) is 47.4 Å². The molecule has 0 radical (unpaired) electrons. The second-order valence-electron chi connectivity index (χ2n) is 5.89. The van der Waals surface area contributed by atoms with Gasteiger partial charge in [-0.25, -0.2) is 13.2 Å². The van der Waals surface area contributed by atoms with Crippen LogP contribution in [-0.4, -0.2) is 47.7 Å². The van der Waals surface area contributed by atoms with E-state index in [9.17, 15) is 18.0 Å². The summed E-state index contributed by atoms with van der Waals surface area (Å²) in [6.07, 6.45) is 0.622. The highest BCUT2D eigenvalue weighted by Crippen LogP contribution is 2.24. The van der Waals surface area contributed by atoms with E-state index in [4.69, 9.17) is 16.3 Å². The Morgan fingerprint density at radius 2 is 1.79 bits per heavy atom. The van der Waals surface area contributed by atoms with Gasteiger partial charge in [-0.15, -0.1) is 0 Å². The fourth-order valence-corrected chi connectivity index (χ4v) is 3.73. The Kier molecular flexibility index (Phi) is 8.00. The van der Waals surface area contributed by atoms with Crippen molar-refractivity contribution in [3.63, 3.8) is 0 Å². The van der Waals surface area contributed by atoms with Crippen LogP contribution in [0, 0.1) is 0 Å². The average Bonchev–Trinajstić information content (AvgIpc) is 2.70. The van der Waals surface area contributed by atoms with Gasteiger partial charge in [-0.3, -0.25) is 9.52 Å². The van der Waals surface area contributed by atoms with Gasteiger partial charge in [0.05, 0.1) is 33.8 Å². The quantitative estimate of drug-likeness (QED) is 0.458. The van der Waals surface area contributed by atoms with Crippen molar-refractivity contribution in [3.05, 3.63) is 58.6 Å². The van der Waals surface area contributed by atoms with Gasteiger partial charge in [0.15, 0.2) is 0 Å². The summed E-state index contributed by atoms with van der Waals surface area (Å²) in [5.74, 6) is -1.19. The lowest BCUT2D eigenvalue weighted by atomic mass is 10.1. The van der Waals surface area contributed by atoms with Crippen molar-refractivity contribution in [1.82, 2.24) is 5.32 Å². The molecule has 1 amide bonds. The number of halogens is 1. The molecule has 0 aliphatic rings. The van der Waals surface area contributed by atoms with Gasteiger partial charge in [0.1, 0.15) is 0 Å². The van der Waals surface area contributed by atoms with E-state index in [-0.39, 0.29) is 26.7 Å². The molecule has 2 N–H and O–H groups in total. The summed E-state index contributed by atoms with van der Waals surface area (Å²) in [6.45, 7) is 0.876. The number of carbonyl (C=O) groups excluding carboxylic acids is 2. The molecule has 2 rings (SSSR count). The lowest BCUT2D eigenvalue weighted by molar-refractivity contribution is 0.0600. The predicted molar refractivity (Wildman–Crippen MR) is 109 cm³/mol.